The molecule has 0 amide bonds. The van der Waals surface area contributed by atoms with E-state index < -0.39 is 0 Å². The van der Waals surface area contributed by atoms with E-state index in [1.807, 2.05) is 43.7 Å². The lowest BCUT2D eigenvalue weighted by atomic mass is 9.98. The van der Waals surface area contributed by atoms with Gasteiger partial charge in [0.25, 0.3) is 0 Å². The molecule has 3 N–H and O–H groups in total. The van der Waals surface area contributed by atoms with Crippen molar-refractivity contribution in [3.63, 3.8) is 0 Å². The fraction of sp³-hybridized carbons (Fsp3) is 0.400. The molecule has 0 spiro atoms. The number of aromatic nitrogens is 2. The minimum Gasteiger partial charge on any atom is -0.271 e. The first-order chi connectivity index (χ1) is 9.99. The highest BCUT2D eigenvalue weighted by Gasteiger charge is 2.20. The molecule has 6 heteroatoms. The van der Waals surface area contributed by atoms with Crippen molar-refractivity contribution in [2.24, 2.45) is 5.84 Å². The van der Waals surface area contributed by atoms with Crippen LogP contribution in [0.25, 0.3) is 0 Å². The van der Waals surface area contributed by atoms with Crippen molar-refractivity contribution in [1.82, 2.24) is 15.2 Å². The van der Waals surface area contributed by atoms with Crippen LogP contribution in [0.1, 0.15) is 35.5 Å². The van der Waals surface area contributed by atoms with Crippen LogP contribution >= 0.6 is 23.2 Å². The van der Waals surface area contributed by atoms with E-state index in [4.69, 9.17) is 29.0 Å². The van der Waals surface area contributed by atoms with Crippen molar-refractivity contribution >= 4 is 23.2 Å². The van der Waals surface area contributed by atoms with Crippen LogP contribution in [0.2, 0.25) is 10.0 Å². The molecular formula is C15H20Cl2N4. The van der Waals surface area contributed by atoms with Gasteiger partial charge in [0.15, 0.2) is 0 Å². The van der Waals surface area contributed by atoms with Crippen molar-refractivity contribution in [2.45, 2.75) is 39.8 Å². The molecule has 0 fully saturated rings. The van der Waals surface area contributed by atoms with Gasteiger partial charge in [0, 0.05) is 18.0 Å². The number of rotatable bonds is 5. The number of halogens is 2. The maximum absolute atomic E-state index is 6.37. The third-order valence-corrected chi connectivity index (χ3v) is 4.64. The highest BCUT2D eigenvalue weighted by atomic mass is 35.5. The standard InChI is InChI=1S/C15H20Cl2N4/c1-4-21-14(15(17)10(3)20-21)8-13(19-18)11-6-5-7-12(16)9(11)2/h5-7,13,19H,4,8,18H2,1-3H3. The third kappa shape index (κ3) is 3.24. The third-order valence-electron chi connectivity index (χ3n) is 3.74. The van der Waals surface area contributed by atoms with Gasteiger partial charge in [0.2, 0.25) is 0 Å². The normalized spacial score (nSPS) is 12.7. The van der Waals surface area contributed by atoms with Crippen LogP contribution in [0, 0.1) is 13.8 Å². The highest BCUT2D eigenvalue weighted by Crippen LogP contribution is 2.29. The van der Waals surface area contributed by atoms with Crippen molar-refractivity contribution < 1.29 is 0 Å². The van der Waals surface area contributed by atoms with Crippen molar-refractivity contribution in [3.8, 4) is 0 Å². The molecule has 0 bridgehead atoms. The summed E-state index contributed by atoms with van der Waals surface area (Å²) in [6.07, 6.45) is 0.658. The molecule has 0 aliphatic carbocycles. The predicted molar refractivity (Wildman–Crippen MR) is 87.6 cm³/mol. The molecule has 0 radical (unpaired) electrons. The summed E-state index contributed by atoms with van der Waals surface area (Å²) in [5.74, 6) is 5.75. The zero-order chi connectivity index (χ0) is 15.6. The Labute approximate surface area is 135 Å². The summed E-state index contributed by atoms with van der Waals surface area (Å²) in [6, 6.07) is 5.77. The molecule has 0 aliphatic heterocycles. The van der Waals surface area contributed by atoms with E-state index in [1.165, 1.54) is 0 Å². The second kappa shape index (κ2) is 6.79. The molecule has 1 heterocycles. The van der Waals surface area contributed by atoms with Crippen LogP contribution in [0.4, 0.5) is 0 Å². The quantitative estimate of drug-likeness (QED) is 0.652. The van der Waals surface area contributed by atoms with E-state index in [2.05, 4.69) is 10.5 Å². The highest BCUT2D eigenvalue weighted by molar-refractivity contribution is 6.32. The molecule has 114 valence electrons. The molecule has 0 aliphatic rings. The zero-order valence-electron chi connectivity index (χ0n) is 12.5. The van der Waals surface area contributed by atoms with Gasteiger partial charge in [-0.3, -0.25) is 16.0 Å². The lowest BCUT2D eigenvalue weighted by Gasteiger charge is -2.20. The van der Waals surface area contributed by atoms with Gasteiger partial charge in [-0.05, 0) is 38.0 Å². The number of nitrogens with one attached hydrogen (secondary N) is 1. The van der Waals surface area contributed by atoms with E-state index in [0.717, 1.165) is 34.1 Å². The Kier molecular flexibility index (Phi) is 5.27. The maximum Gasteiger partial charge on any atom is 0.0847 e. The van der Waals surface area contributed by atoms with Gasteiger partial charge in [-0.25, -0.2) is 0 Å². The van der Waals surface area contributed by atoms with Gasteiger partial charge in [-0.15, -0.1) is 0 Å². The summed E-state index contributed by atoms with van der Waals surface area (Å²) in [5.41, 5.74) is 6.79. The first kappa shape index (κ1) is 16.3. The van der Waals surface area contributed by atoms with Gasteiger partial charge in [0.05, 0.1) is 22.5 Å². The molecule has 4 nitrogen and oxygen atoms in total. The van der Waals surface area contributed by atoms with E-state index in [-0.39, 0.29) is 6.04 Å². The van der Waals surface area contributed by atoms with E-state index in [0.29, 0.717) is 11.4 Å². The number of nitrogens with zero attached hydrogens (tertiary/aromatic N) is 2. The summed E-state index contributed by atoms with van der Waals surface area (Å²) >= 11 is 12.6. The largest absolute Gasteiger partial charge is 0.271 e. The Balaban J connectivity index is 2.38. The molecule has 1 aromatic carbocycles. The second-order valence-corrected chi connectivity index (χ2v) is 5.82. The number of benzene rings is 1. The van der Waals surface area contributed by atoms with Crippen molar-refractivity contribution in [1.29, 1.82) is 0 Å². The van der Waals surface area contributed by atoms with Crippen molar-refractivity contribution in [2.75, 3.05) is 0 Å². The van der Waals surface area contributed by atoms with Gasteiger partial charge < -0.3 is 0 Å². The van der Waals surface area contributed by atoms with Crippen LogP contribution in [0.3, 0.4) is 0 Å². The SMILES string of the molecule is CCn1nc(C)c(Cl)c1CC(NN)c1cccc(Cl)c1C. The second-order valence-electron chi connectivity index (χ2n) is 5.04. The van der Waals surface area contributed by atoms with Crippen LogP contribution < -0.4 is 11.3 Å². The monoisotopic (exact) mass is 326 g/mol. The van der Waals surface area contributed by atoms with Gasteiger partial charge in [0.1, 0.15) is 0 Å². The summed E-state index contributed by atoms with van der Waals surface area (Å²) < 4.78 is 1.92. The summed E-state index contributed by atoms with van der Waals surface area (Å²) in [7, 11) is 0. The van der Waals surface area contributed by atoms with Crippen LogP contribution in [-0.2, 0) is 13.0 Å². The molecule has 1 atom stereocenters. The Morgan fingerprint density at radius 1 is 1.33 bits per heavy atom. The minimum atomic E-state index is -0.0670. The topological polar surface area (TPSA) is 55.9 Å². The number of hydrazine groups is 1. The van der Waals surface area contributed by atoms with Gasteiger partial charge in [-0.2, -0.15) is 5.10 Å². The lowest BCUT2D eigenvalue weighted by Crippen LogP contribution is -2.31. The average Bonchev–Trinajstić information content (AvgIpc) is 2.75. The molecule has 21 heavy (non-hydrogen) atoms. The number of aryl methyl sites for hydroxylation is 2. The Morgan fingerprint density at radius 3 is 2.67 bits per heavy atom. The van der Waals surface area contributed by atoms with Crippen LogP contribution in [0.5, 0.6) is 0 Å². The molecular weight excluding hydrogens is 307 g/mol. The van der Waals surface area contributed by atoms with Gasteiger partial charge >= 0.3 is 0 Å². The van der Waals surface area contributed by atoms with E-state index >= 15 is 0 Å². The van der Waals surface area contributed by atoms with Crippen LogP contribution in [0.15, 0.2) is 18.2 Å². The lowest BCUT2D eigenvalue weighted by molar-refractivity contribution is 0.515. The first-order valence-electron chi connectivity index (χ1n) is 6.92. The molecule has 2 rings (SSSR count). The number of nitrogens with two attached hydrogens (primary N) is 1. The summed E-state index contributed by atoms with van der Waals surface area (Å²) in [6.45, 7) is 6.72. The molecule has 0 saturated heterocycles. The first-order valence-corrected chi connectivity index (χ1v) is 7.68. The maximum atomic E-state index is 6.37. The van der Waals surface area contributed by atoms with Gasteiger partial charge in [-0.1, -0.05) is 35.3 Å². The Bertz CT molecular complexity index is 637. The molecule has 1 aromatic heterocycles. The fourth-order valence-electron chi connectivity index (χ4n) is 2.52. The minimum absolute atomic E-state index is 0.0670. The molecule has 1 unspecified atom stereocenters. The smallest absolute Gasteiger partial charge is 0.0847 e. The fourth-order valence-corrected chi connectivity index (χ4v) is 2.91. The van der Waals surface area contributed by atoms with E-state index in [1.54, 1.807) is 0 Å². The van der Waals surface area contributed by atoms with E-state index in [9.17, 15) is 0 Å². The predicted octanol–water partition coefficient (Wildman–Crippen LogP) is 3.57. The van der Waals surface area contributed by atoms with Crippen LogP contribution in [-0.4, -0.2) is 9.78 Å². The zero-order valence-corrected chi connectivity index (χ0v) is 14.0. The Morgan fingerprint density at radius 2 is 2.05 bits per heavy atom. The Hall–Kier alpha value is -1.07. The molecule has 0 saturated carbocycles. The average molecular weight is 327 g/mol. The van der Waals surface area contributed by atoms with Crippen molar-refractivity contribution in [3.05, 3.63) is 50.8 Å². The molecule has 2 aromatic rings. The number of hydrogen-bond acceptors (Lipinski definition) is 3. The summed E-state index contributed by atoms with van der Waals surface area (Å²) in [4.78, 5) is 0. The summed E-state index contributed by atoms with van der Waals surface area (Å²) in [5, 5.41) is 5.88. The number of hydrogen-bond donors (Lipinski definition) is 2.